The number of hydrogen-bond acceptors (Lipinski definition) is 4. The first-order chi connectivity index (χ1) is 13.4. The molecule has 1 aliphatic heterocycles. The molecule has 29 heavy (non-hydrogen) atoms. The van der Waals surface area contributed by atoms with Gasteiger partial charge in [-0.2, -0.15) is 22.6 Å². The maximum Gasteiger partial charge on any atom is 0.435 e. The number of carbonyl (C=O) groups is 1. The highest BCUT2D eigenvalue weighted by Crippen LogP contribution is 2.31. The minimum Gasteiger partial charge on any atom is -0.336 e. The van der Waals surface area contributed by atoms with Crippen molar-refractivity contribution in [1.29, 1.82) is 0 Å². The van der Waals surface area contributed by atoms with Gasteiger partial charge >= 0.3 is 6.18 Å². The van der Waals surface area contributed by atoms with Gasteiger partial charge in [0, 0.05) is 39.4 Å². The summed E-state index contributed by atoms with van der Waals surface area (Å²) in [6, 6.07) is 2.63. The smallest absolute Gasteiger partial charge is 0.336 e. The van der Waals surface area contributed by atoms with Crippen molar-refractivity contribution in [3.8, 4) is 0 Å². The van der Waals surface area contributed by atoms with E-state index < -0.39 is 49.9 Å². The van der Waals surface area contributed by atoms with Crippen LogP contribution in [0.5, 0.6) is 0 Å². The normalized spacial score (nSPS) is 16.3. The Hall–Kier alpha value is -2.54. The summed E-state index contributed by atoms with van der Waals surface area (Å²) in [5, 5.41) is 3.27. The Morgan fingerprint density at radius 1 is 1.07 bits per heavy atom. The molecule has 0 atom stereocenters. The van der Waals surface area contributed by atoms with E-state index in [1.54, 1.807) is 0 Å². The minimum absolute atomic E-state index is 0.250. The number of sulfonamides is 1. The maximum atomic E-state index is 13.9. The molecule has 0 spiro atoms. The van der Waals surface area contributed by atoms with Crippen LogP contribution < -0.4 is 0 Å². The van der Waals surface area contributed by atoms with E-state index in [2.05, 4.69) is 5.10 Å². The van der Waals surface area contributed by atoms with Gasteiger partial charge in [0.2, 0.25) is 10.0 Å². The number of benzene rings is 1. The van der Waals surface area contributed by atoms with E-state index in [0.717, 1.165) is 38.3 Å². The van der Waals surface area contributed by atoms with Crippen molar-refractivity contribution in [3.05, 3.63) is 47.3 Å². The number of carbonyl (C=O) groups excluding carboxylic acids is 1. The van der Waals surface area contributed by atoms with Gasteiger partial charge < -0.3 is 4.90 Å². The fourth-order valence-corrected chi connectivity index (χ4v) is 4.55. The Kier molecular flexibility index (Phi) is 5.38. The molecule has 0 saturated carbocycles. The number of aromatic nitrogens is 2. The lowest BCUT2D eigenvalue weighted by Gasteiger charge is -2.34. The number of aryl methyl sites for hydroxylation is 1. The molecule has 0 bridgehead atoms. The molecule has 2 aromatic rings. The van der Waals surface area contributed by atoms with Crippen LogP contribution in [0.1, 0.15) is 16.1 Å². The summed E-state index contributed by atoms with van der Waals surface area (Å²) in [6.45, 7) is -1.16. The molecule has 1 aromatic carbocycles. The summed E-state index contributed by atoms with van der Waals surface area (Å²) in [7, 11) is -3.28. The Bertz CT molecular complexity index is 1020. The molecular formula is C16H15F5N4O3S. The van der Waals surface area contributed by atoms with Gasteiger partial charge in [0.25, 0.3) is 5.91 Å². The van der Waals surface area contributed by atoms with Crippen LogP contribution in [0.2, 0.25) is 0 Å². The molecule has 0 radical (unpaired) electrons. The van der Waals surface area contributed by atoms with Crippen molar-refractivity contribution in [2.75, 3.05) is 26.2 Å². The highest BCUT2D eigenvalue weighted by atomic mass is 32.2. The number of amides is 1. The molecule has 0 unspecified atom stereocenters. The number of rotatable bonds is 3. The van der Waals surface area contributed by atoms with E-state index in [4.69, 9.17) is 0 Å². The van der Waals surface area contributed by atoms with Gasteiger partial charge in [-0.3, -0.25) is 9.48 Å². The molecule has 1 saturated heterocycles. The van der Waals surface area contributed by atoms with Crippen molar-refractivity contribution < 1.29 is 35.2 Å². The SMILES string of the molecule is Cn1cc(C(=O)N2CCN(S(=O)(=O)c3c(F)cccc3F)CC2)c(C(F)(F)F)n1. The Labute approximate surface area is 162 Å². The summed E-state index contributed by atoms with van der Waals surface area (Å²) < 4.78 is 93.6. The van der Waals surface area contributed by atoms with Crippen LogP contribution >= 0.6 is 0 Å². The zero-order valence-corrected chi connectivity index (χ0v) is 15.8. The summed E-state index contributed by atoms with van der Waals surface area (Å²) in [4.78, 5) is 12.4. The van der Waals surface area contributed by atoms with Crippen molar-refractivity contribution >= 4 is 15.9 Å². The first-order valence-corrected chi connectivity index (χ1v) is 9.71. The zero-order chi connectivity index (χ0) is 21.6. The molecule has 2 heterocycles. The van der Waals surface area contributed by atoms with Gasteiger partial charge in [0.15, 0.2) is 10.6 Å². The molecule has 0 N–H and O–H groups in total. The van der Waals surface area contributed by atoms with Crippen LogP contribution in [0, 0.1) is 11.6 Å². The third-order valence-electron chi connectivity index (χ3n) is 4.37. The van der Waals surface area contributed by atoms with Gasteiger partial charge in [-0.15, -0.1) is 0 Å². The van der Waals surface area contributed by atoms with Gasteiger partial charge in [-0.25, -0.2) is 17.2 Å². The van der Waals surface area contributed by atoms with E-state index in [0.29, 0.717) is 0 Å². The highest BCUT2D eigenvalue weighted by Gasteiger charge is 2.41. The summed E-state index contributed by atoms with van der Waals surface area (Å²) >= 11 is 0. The Morgan fingerprint density at radius 2 is 1.62 bits per heavy atom. The van der Waals surface area contributed by atoms with Gasteiger partial charge in [0.1, 0.15) is 11.6 Å². The third-order valence-corrected chi connectivity index (χ3v) is 6.32. The van der Waals surface area contributed by atoms with Crippen molar-refractivity contribution in [1.82, 2.24) is 19.0 Å². The predicted octanol–water partition coefficient (Wildman–Crippen LogP) is 1.86. The molecule has 1 fully saturated rings. The topological polar surface area (TPSA) is 75.5 Å². The number of nitrogens with zero attached hydrogens (tertiary/aromatic N) is 4. The maximum absolute atomic E-state index is 13.9. The van der Waals surface area contributed by atoms with E-state index in [9.17, 15) is 35.2 Å². The van der Waals surface area contributed by atoms with Crippen LogP contribution in [0.4, 0.5) is 22.0 Å². The molecule has 1 aliphatic rings. The lowest BCUT2D eigenvalue weighted by molar-refractivity contribution is -0.141. The number of piperazine rings is 1. The number of alkyl halides is 3. The molecule has 158 valence electrons. The van der Waals surface area contributed by atoms with E-state index >= 15 is 0 Å². The Morgan fingerprint density at radius 3 is 2.14 bits per heavy atom. The van der Waals surface area contributed by atoms with E-state index in [1.807, 2.05) is 0 Å². The largest absolute Gasteiger partial charge is 0.435 e. The second kappa shape index (κ2) is 7.37. The Balaban J connectivity index is 1.79. The quantitative estimate of drug-likeness (QED) is 0.686. The first kappa shape index (κ1) is 21.2. The van der Waals surface area contributed by atoms with Crippen LogP contribution in [-0.2, 0) is 23.2 Å². The predicted molar refractivity (Wildman–Crippen MR) is 89.2 cm³/mol. The lowest BCUT2D eigenvalue weighted by atomic mass is 10.2. The summed E-state index contributed by atoms with van der Waals surface area (Å²) in [5.74, 6) is -3.47. The van der Waals surface area contributed by atoms with Crippen LogP contribution in [0.15, 0.2) is 29.3 Å². The molecule has 0 aliphatic carbocycles. The minimum atomic E-state index is -4.83. The average Bonchev–Trinajstić information content (AvgIpc) is 3.03. The van der Waals surface area contributed by atoms with E-state index in [1.165, 1.54) is 7.05 Å². The summed E-state index contributed by atoms with van der Waals surface area (Å²) in [5.41, 5.74) is -2.00. The van der Waals surface area contributed by atoms with Gasteiger partial charge in [0.05, 0.1) is 5.56 Å². The molecule has 7 nitrogen and oxygen atoms in total. The molecule has 1 aromatic heterocycles. The number of hydrogen-bond donors (Lipinski definition) is 0. The second-order valence-corrected chi connectivity index (χ2v) is 8.18. The zero-order valence-electron chi connectivity index (χ0n) is 14.9. The van der Waals surface area contributed by atoms with Crippen LogP contribution in [0.25, 0.3) is 0 Å². The molecular weight excluding hydrogens is 423 g/mol. The van der Waals surface area contributed by atoms with Crippen LogP contribution in [0.3, 0.4) is 0 Å². The van der Waals surface area contributed by atoms with Crippen molar-refractivity contribution in [2.24, 2.45) is 7.05 Å². The van der Waals surface area contributed by atoms with Crippen molar-refractivity contribution in [2.45, 2.75) is 11.1 Å². The van der Waals surface area contributed by atoms with Crippen LogP contribution in [-0.4, -0.2) is 59.5 Å². The fourth-order valence-electron chi connectivity index (χ4n) is 3.01. The number of halogens is 5. The lowest BCUT2D eigenvalue weighted by Crippen LogP contribution is -2.50. The molecule has 13 heteroatoms. The third kappa shape index (κ3) is 3.96. The van der Waals surface area contributed by atoms with Gasteiger partial charge in [-0.05, 0) is 12.1 Å². The van der Waals surface area contributed by atoms with Crippen molar-refractivity contribution in [3.63, 3.8) is 0 Å². The standard InChI is InChI=1S/C16H15F5N4O3S/c1-23-9-10(14(22-23)16(19,20)21)15(26)24-5-7-25(8-6-24)29(27,28)13-11(17)3-2-4-12(13)18/h2-4,9H,5-8H2,1H3. The monoisotopic (exact) mass is 438 g/mol. The fraction of sp³-hybridized carbons (Fsp3) is 0.375. The second-order valence-electron chi connectivity index (χ2n) is 6.31. The van der Waals surface area contributed by atoms with Gasteiger partial charge in [-0.1, -0.05) is 6.07 Å². The average molecular weight is 438 g/mol. The van der Waals surface area contributed by atoms with E-state index in [-0.39, 0.29) is 26.2 Å². The molecule has 1 amide bonds. The first-order valence-electron chi connectivity index (χ1n) is 8.27. The summed E-state index contributed by atoms with van der Waals surface area (Å²) in [6.07, 6.45) is -3.90. The molecule has 3 rings (SSSR count). The highest BCUT2D eigenvalue weighted by molar-refractivity contribution is 7.89.